The van der Waals surface area contributed by atoms with Crippen molar-refractivity contribution in [3.63, 3.8) is 0 Å². The molecule has 0 atom stereocenters. The lowest BCUT2D eigenvalue weighted by Gasteiger charge is -2.11. The normalized spacial score (nSPS) is 11.4. The Hall–Kier alpha value is -0.680. The van der Waals surface area contributed by atoms with Crippen LogP contribution in [-0.2, 0) is 17.9 Å². The van der Waals surface area contributed by atoms with Crippen molar-refractivity contribution in [2.75, 3.05) is 7.11 Å². The van der Waals surface area contributed by atoms with E-state index in [1.165, 1.54) is 0 Å². The lowest BCUT2D eigenvalue weighted by molar-refractivity contribution is 0.173. The maximum atomic E-state index is 6.11. The van der Waals surface area contributed by atoms with E-state index in [0.29, 0.717) is 22.6 Å². The van der Waals surface area contributed by atoms with E-state index in [0.717, 1.165) is 28.0 Å². The summed E-state index contributed by atoms with van der Waals surface area (Å²) in [6.07, 6.45) is 0. The van der Waals surface area contributed by atoms with Gasteiger partial charge in [-0.15, -0.1) is 0 Å². The number of ether oxygens (including phenoxy) is 1. The van der Waals surface area contributed by atoms with Gasteiger partial charge in [-0.05, 0) is 31.0 Å². The van der Waals surface area contributed by atoms with Crippen molar-refractivity contribution < 1.29 is 4.74 Å². The summed E-state index contributed by atoms with van der Waals surface area (Å²) in [5, 5.41) is 2.41. The molecule has 0 N–H and O–H groups in total. The largest absolute Gasteiger partial charge is 0.377 e. The summed E-state index contributed by atoms with van der Waals surface area (Å²) >= 11 is 13.9. The molecule has 0 aliphatic carbocycles. The maximum absolute atomic E-state index is 6.11. The van der Waals surface area contributed by atoms with Gasteiger partial charge in [-0.1, -0.05) is 48.8 Å². The molecule has 0 aliphatic heterocycles. The van der Waals surface area contributed by atoms with Gasteiger partial charge in [-0.25, -0.2) is 4.98 Å². The molecular weight excluding hydrogens is 339 g/mol. The first-order valence-corrected chi connectivity index (χ1v) is 8.75. The van der Waals surface area contributed by atoms with E-state index < -0.39 is 0 Å². The summed E-state index contributed by atoms with van der Waals surface area (Å²) in [6.45, 7) is 7.75. The van der Waals surface area contributed by atoms with Crippen LogP contribution in [-0.4, -0.2) is 16.7 Å². The summed E-state index contributed by atoms with van der Waals surface area (Å²) in [4.78, 5) is 5.77. The van der Waals surface area contributed by atoms with Crippen LogP contribution < -0.4 is 0 Å². The van der Waals surface area contributed by atoms with Crippen LogP contribution in [0.15, 0.2) is 28.1 Å². The van der Waals surface area contributed by atoms with Gasteiger partial charge in [0.2, 0.25) is 0 Å². The highest BCUT2D eigenvalue weighted by Crippen LogP contribution is 2.37. The van der Waals surface area contributed by atoms with Gasteiger partial charge in [-0.3, -0.25) is 0 Å². The minimum Gasteiger partial charge on any atom is -0.377 e. The smallest absolute Gasteiger partial charge is 0.135 e. The molecule has 0 radical (unpaired) electrons. The minimum atomic E-state index is 0.334. The van der Waals surface area contributed by atoms with Crippen molar-refractivity contribution in [3.05, 3.63) is 39.8 Å². The van der Waals surface area contributed by atoms with E-state index in [2.05, 4.69) is 25.3 Å². The Bertz CT molecular complexity index is 636. The van der Waals surface area contributed by atoms with Gasteiger partial charge in [-0.2, -0.15) is 0 Å². The monoisotopic (exact) mass is 358 g/mol. The molecule has 1 aromatic carbocycles. The minimum absolute atomic E-state index is 0.334. The van der Waals surface area contributed by atoms with Crippen molar-refractivity contribution in [3.8, 4) is 0 Å². The van der Waals surface area contributed by atoms with E-state index in [4.69, 9.17) is 32.9 Å². The zero-order chi connectivity index (χ0) is 16.3. The first-order chi connectivity index (χ1) is 10.5. The fourth-order valence-electron chi connectivity index (χ4n) is 2.25. The first-order valence-electron chi connectivity index (χ1n) is 7.18. The number of halogens is 2. The van der Waals surface area contributed by atoms with E-state index in [1.807, 2.05) is 12.1 Å². The zero-order valence-corrected chi connectivity index (χ0v) is 15.5. The molecule has 0 spiro atoms. The number of nitrogens with zero attached hydrogens (tertiary/aromatic N) is 2. The van der Waals surface area contributed by atoms with Gasteiger partial charge in [0.05, 0.1) is 5.69 Å². The Labute approximate surface area is 146 Å². The molecule has 0 saturated carbocycles. The van der Waals surface area contributed by atoms with Crippen LogP contribution >= 0.6 is 35.0 Å². The lowest BCUT2D eigenvalue weighted by Crippen LogP contribution is -2.04. The van der Waals surface area contributed by atoms with E-state index in [9.17, 15) is 0 Å². The maximum Gasteiger partial charge on any atom is 0.135 e. The third-order valence-corrected chi connectivity index (χ3v) is 4.74. The molecule has 0 unspecified atom stereocenters. The summed E-state index contributed by atoms with van der Waals surface area (Å²) in [7, 11) is 1.69. The van der Waals surface area contributed by atoms with Crippen molar-refractivity contribution in [1.82, 2.24) is 9.55 Å². The third-order valence-electron chi connectivity index (χ3n) is 3.21. The van der Waals surface area contributed by atoms with E-state index in [-0.39, 0.29) is 0 Å². The Kier molecular flexibility index (Phi) is 6.21. The Morgan fingerprint density at radius 1 is 1.23 bits per heavy atom. The summed E-state index contributed by atoms with van der Waals surface area (Å²) < 4.78 is 7.46. The fourth-order valence-corrected chi connectivity index (χ4v) is 4.23. The first kappa shape index (κ1) is 17.7. The number of hydrogen-bond acceptors (Lipinski definition) is 3. The topological polar surface area (TPSA) is 27.1 Å². The molecule has 0 aliphatic rings. The Balaban J connectivity index is 2.47. The molecule has 6 heteroatoms. The highest BCUT2D eigenvalue weighted by atomic mass is 35.5. The molecule has 2 aromatic rings. The van der Waals surface area contributed by atoms with Crippen LogP contribution in [0.2, 0.25) is 10.0 Å². The predicted octanol–water partition coefficient (Wildman–Crippen LogP) is 5.63. The van der Waals surface area contributed by atoms with Crippen LogP contribution in [0.4, 0.5) is 0 Å². The highest BCUT2D eigenvalue weighted by molar-refractivity contribution is 7.99. The van der Waals surface area contributed by atoms with Crippen LogP contribution in [0, 0.1) is 0 Å². The molecule has 3 nitrogen and oxygen atoms in total. The molecule has 0 saturated heterocycles. The van der Waals surface area contributed by atoms with Crippen molar-refractivity contribution in [2.45, 2.75) is 49.8 Å². The average molecular weight is 359 g/mol. The van der Waals surface area contributed by atoms with Gasteiger partial charge in [0.1, 0.15) is 17.5 Å². The van der Waals surface area contributed by atoms with Gasteiger partial charge in [0.15, 0.2) is 0 Å². The second-order valence-corrected chi connectivity index (χ2v) is 7.19. The molecule has 120 valence electrons. The standard InChI is InChI=1S/C16H20Cl2N2OS/c1-5-20-14(9-21-4)19-15(10(2)3)16(20)22-13-7-11(17)6-12(18)8-13/h6-8,10H,5,9H2,1-4H3. The average Bonchev–Trinajstić information content (AvgIpc) is 2.76. The molecule has 1 heterocycles. The van der Waals surface area contributed by atoms with E-state index in [1.54, 1.807) is 24.9 Å². The quantitative estimate of drug-likeness (QED) is 0.669. The number of methoxy groups -OCH3 is 1. The van der Waals surface area contributed by atoms with Crippen molar-refractivity contribution in [1.29, 1.82) is 0 Å². The number of rotatable bonds is 6. The molecule has 0 fully saturated rings. The number of hydrogen-bond donors (Lipinski definition) is 0. The summed E-state index contributed by atoms with van der Waals surface area (Å²) in [5.41, 5.74) is 1.08. The Morgan fingerprint density at radius 2 is 1.86 bits per heavy atom. The van der Waals surface area contributed by atoms with Crippen LogP contribution in [0.25, 0.3) is 0 Å². The van der Waals surface area contributed by atoms with Gasteiger partial charge >= 0.3 is 0 Å². The second kappa shape index (κ2) is 7.73. The highest BCUT2D eigenvalue weighted by Gasteiger charge is 2.19. The number of benzene rings is 1. The molecule has 0 amide bonds. The molecular formula is C16H20Cl2N2OS. The van der Waals surface area contributed by atoms with Gasteiger partial charge < -0.3 is 9.30 Å². The lowest BCUT2D eigenvalue weighted by atomic mass is 10.1. The van der Waals surface area contributed by atoms with Crippen molar-refractivity contribution in [2.24, 2.45) is 0 Å². The van der Waals surface area contributed by atoms with E-state index >= 15 is 0 Å². The SMILES string of the molecule is CCn1c(COC)nc(C(C)C)c1Sc1cc(Cl)cc(Cl)c1. The van der Waals surface area contributed by atoms with Crippen LogP contribution in [0.3, 0.4) is 0 Å². The van der Waals surface area contributed by atoms with Crippen LogP contribution in [0.1, 0.15) is 38.2 Å². The predicted molar refractivity (Wildman–Crippen MR) is 93.3 cm³/mol. The Morgan fingerprint density at radius 3 is 2.36 bits per heavy atom. The molecule has 2 rings (SSSR count). The van der Waals surface area contributed by atoms with Gasteiger partial charge in [0.25, 0.3) is 0 Å². The third kappa shape index (κ3) is 3.99. The summed E-state index contributed by atoms with van der Waals surface area (Å²) in [6, 6.07) is 5.58. The fraction of sp³-hybridized carbons (Fsp3) is 0.438. The second-order valence-electron chi connectivity index (χ2n) is 5.26. The van der Waals surface area contributed by atoms with Gasteiger partial charge in [0, 0.05) is 28.6 Å². The molecule has 22 heavy (non-hydrogen) atoms. The number of aromatic nitrogens is 2. The summed E-state index contributed by atoms with van der Waals surface area (Å²) in [5.74, 6) is 1.28. The molecule has 1 aromatic heterocycles. The number of imidazole rings is 1. The van der Waals surface area contributed by atoms with Crippen molar-refractivity contribution >= 4 is 35.0 Å². The molecule has 0 bridgehead atoms. The van der Waals surface area contributed by atoms with Crippen LogP contribution in [0.5, 0.6) is 0 Å². The zero-order valence-electron chi connectivity index (χ0n) is 13.2.